The van der Waals surface area contributed by atoms with Crippen molar-refractivity contribution >= 4 is 6.01 Å². The van der Waals surface area contributed by atoms with Crippen LogP contribution in [0.25, 0.3) is 0 Å². The van der Waals surface area contributed by atoms with Crippen molar-refractivity contribution in [3.8, 4) is 0 Å². The molecular formula is C11H18N6O. The quantitative estimate of drug-likeness (QED) is 0.753. The topological polar surface area (TPSA) is 106 Å². The number of aryl methyl sites for hydroxylation is 2. The lowest BCUT2D eigenvalue weighted by Gasteiger charge is -2.11. The van der Waals surface area contributed by atoms with Crippen LogP contribution >= 0.6 is 0 Å². The van der Waals surface area contributed by atoms with Gasteiger partial charge in [-0.15, -0.1) is 5.10 Å². The van der Waals surface area contributed by atoms with Crippen LogP contribution in [0.2, 0.25) is 0 Å². The maximum atomic E-state index is 5.87. The summed E-state index contributed by atoms with van der Waals surface area (Å²) in [5, 5.41) is 17.9. The standard InChI is InChI=1S/C11H18N6O/c1-6-8(7(2)15-14-6)5-13-10-17-16-9(18-10)11(3,4)12/h5,12H2,1-4H3,(H,13,17)(H,14,15). The van der Waals surface area contributed by atoms with Gasteiger partial charge in [-0.3, -0.25) is 5.10 Å². The van der Waals surface area contributed by atoms with Crippen LogP contribution in [0.1, 0.15) is 36.7 Å². The van der Waals surface area contributed by atoms with Crippen LogP contribution in [0.3, 0.4) is 0 Å². The van der Waals surface area contributed by atoms with Gasteiger partial charge in [0.25, 0.3) is 0 Å². The van der Waals surface area contributed by atoms with Crippen molar-refractivity contribution in [2.24, 2.45) is 5.73 Å². The van der Waals surface area contributed by atoms with Crippen molar-refractivity contribution in [1.29, 1.82) is 0 Å². The van der Waals surface area contributed by atoms with Crippen molar-refractivity contribution in [1.82, 2.24) is 20.4 Å². The fraction of sp³-hybridized carbons (Fsp3) is 0.545. The van der Waals surface area contributed by atoms with Gasteiger partial charge in [0.05, 0.1) is 11.2 Å². The molecule has 7 heteroatoms. The Labute approximate surface area is 105 Å². The van der Waals surface area contributed by atoms with Crippen molar-refractivity contribution in [3.05, 3.63) is 22.8 Å². The summed E-state index contributed by atoms with van der Waals surface area (Å²) < 4.78 is 5.44. The summed E-state index contributed by atoms with van der Waals surface area (Å²) in [6.45, 7) is 8.13. The Hall–Kier alpha value is -1.89. The van der Waals surface area contributed by atoms with Gasteiger partial charge in [0.2, 0.25) is 5.89 Å². The zero-order chi connectivity index (χ0) is 13.3. The van der Waals surface area contributed by atoms with E-state index in [0.29, 0.717) is 18.5 Å². The first-order valence-electron chi connectivity index (χ1n) is 5.75. The first-order valence-corrected chi connectivity index (χ1v) is 5.75. The van der Waals surface area contributed by atoms with E-state index in [0.717, 1.165) is 17.0 Å². The second-order valence-corrected chi connectivity index (χ2v) is 4.90. The third-order valence-corrected chi connectivity index (χ3v) is 2.67. The number of nitrogens with one attached hydrogen (secondary N) is 2. The summed E-state index contributed by atoms with van der Waals surface area (Å²) in [4.78, 5) is 0. The third-order valence-electron chi connectivity index (χ3n) is 2.67. The second-order valence-electron chi connectivity index (χ2n) is 4.90. The fourth-order valence-electron chi connectivity index (χ4n) is 1.55. The van der Waals surface area contributed by atoms with Crippen LogP contribution < -0.4 is 11.1 Å². The number of anilines is 1. The fourth-order valence-corrected chi connectivity index (χ4v) is 1.55. The van der Waals surface area contributed by atoms with Gasteiger partial charge in [0, 0.05) is 17.8 Å². The molecule has 2 heterocycles. The predicted molar refractivity (Wildman–Crippen MR) is 66.9 cm³/mol. The van der Waals surface area contributed by atoms with E-state index in [1.165, 1.54) is 0 Å². The number of aromatic nitrogens is 4. The molecule has 18 heavy (non-hydrogen) atoms. The second kappa shape index (κ2) is 4.41. The molecule has 0 radical (unpaired) electrons. The van der Waals surface area contributed by atoms with Gasteiger partial charge in [-0.25, -0.2) is 0 Å². The summed E-state index contributed by atoms with van der Waals surface area (Å²) in [5.41, 5.74) is 8.32. The molecule has 98 valence electrons. The van der Waals surface area contributed by atoms with E-state index < -0.39 is 5.54 Å². The van der Waals surface area contributed by atoms with Gasteiger partial charge in [0.15, 0.2) is 0 Å². The molecule has 0 aromatic carbocycles. The molecule has 2 aromatic rings. The van der Waals surface area contributed by atoms with Crippen LogP contribution in [-0.2, 0) is 12.1 Å². The Morgan fingerprint density at radius 3 is 2.56 bits per heavy atom. The molecule has 0 unspecified atom stereocenters. The Morgan fingerprint density at radius 1 is 1.33 bits per heavy atom. The van der Waals surface area contributed by atoms with Gasteiger partial charge in [-0.2, -0.15) is 5.10 Å². The molecule has 2 aromatic heterocycles. The Balaban J connectivity index is 2.05. The molecule has 2 rings (SSSR count). The predicted octanol–water partition coefficient (Wildman–Crippen LogP) is 1.22. The zero-order valence-corrected chi connectivity index (χ0v) is 11.0. The van der Waals surface area contributed by atoms with Crippen LogP contribution in [0, 0.1) is 13.8 Å². The molecule has 0 atom stereocenters. The highest BCUT2D eigenvalue weighted by Gasteiger charge is 2.22. The zero-order valence-electron chi connectivity index (χ0n) is 11.0. The summed E-state index contributed by atoms with van der Waals surface area (Å²) in [7, 11) is 0. The van der Waals surface area contributed by atoms with E-state index >= 15 is 0 Å². The summed E-state index contributed by atoms with van der Waals surface area (Å²) in [6, 6.07) is 0.364. The summed E-state index contributed by atoms with van der Waals surface area (Å²) >= 11 is 0. The van der Waals surface area contributed by atoms with E-state index in [1.54, 1.807) is 0 Å². The number of nitrogens with two attached hydrogens (primary N) is 1. The van der Waals surface area contributed by atoms with Gasteiger partial charge in [-0.1, -0.05) is 5.10 Å². The minimum atomic E-state index is -0.631. The first kappa shape index (κ1) is 12.6. The average molecular weight is 250 g/mol. The lowest BCUT2D eigenvalue weighted by molar-refractivity contribution is 0.384. The number of H-pyrrole nitrogens is 1. The number of hydrogen-bond acceptors (Lipinski definition) is 6. The van der Waals surface area contributed by atoms with Gasteiger partial charge in [-0.05, 0) is 27.7 Å². The molecule has 0 aliphatic carbocycles. The molecule has 0 bridgehead atoms. The average Bonchev–Trinajstić information content (AvgIpc) is 2.84. The van der Waals surface area contributed by atoms with Gasteiger partial charge in [0.1, 0.15) is 0 Å². The van der Waals surface area contributed by atoms with Crippen molar-refractivity contribution < 1.29 is 4.42 Å². The van der Waals surface area contributed by atoms with Gasteiger partial charge < -0.3 is 15.5 Å². The normalized spacial score (nSPS) is 11.8. The number of rotatable bonds is 4. The van der Waals surface area contributed by atoms with Crippen molar-refractivity contribution in [2.45, 2.75) is 39.8 Å². The SMILES string of the molecule is Cc1n[nH]c(C)c1CNc1nnc(C(C)(C)N)o1. The number of nitrogens with zero attached hydrogens (tertiary/aromatic N) is 3. The van der Waals surface area contributed by atoms with E-state index in [9.17, 15) is 0 Å². The molecule has 7 nitrogen and oxygen atoms in total. The van der Waals surface area contributed by atoms with Crippen molar-refractivity contribution in [2.75, 3.05) is 5.32 Å². The van der Waals surface area contributed by atoms with E-state index in [4.69, 9.17) is 10.2 Å². The molecule has 0 amide bonds. The minimum absolute atomic E-state index is 0.364. The summed E-state index contributed by atoms with van der Waals surface area (Å²) in [6.07, 6.45) is 0. The Morgan fingerprint density at radius 2 is 2.06 bits per heavy atom. The van der Waals surface area contributed by atoms with Crippen LogP contribution in [-0.4, -0.2) is 20.4 Å². The van der Waals surface area contributed by atoms with E-state index in [-0.39, 0.29) is 0 Å². The van der Waals surface area contributed by atoms with E-state index in [2.05, 4.69) is 25.7 Å². The Bertz CT molecular complexity index is 516. The molecule has 4 N–H and O–H groups in total. The van der Waals surface area contributed by atoms with Crippen LogP contribution in [0.5, 0.6) is 0 Å². The van der Waals surface area contributed by atoms with Gasteiger partial charge >= 0.3 is 6.01 Å². The first-order chi connectivity index (χ1) is 8.38. The largest absolute Gasteiger partial charge is 0.406 e. The lowest BCUT2D eigenvalue weighted by Crippen LogP contribution is -2.29. The maximum Gasteiger partial charge on any atom is 0.315 e. The highest BCUT2D eigenvalue weighted by atomic mass is 16.4. The molecule has 0 aliphatic rings. The molecule has 0 saturated heterocycles. The molecule has 0 saturated carbocycles. The maximum absolute atomic E-state index is 5.87. The minimum Gasteiger partial charge on any atom is -0.406 e. The number of aromatic amines is 1. The van der Waals surface area contributed by atoms with E-state index in [1.807, 2.05) is 27.7 Å². The molecule has 0 fully saturated rings. The highest BCUT2D eigenvalue weighted by molar-refractivity contribution is 5.29. The lowest BCUT2D eigenvalue weighted by atomic mass is 10.1. The Kier molecular flexibility index (Phi) is 3.08. The molecule has 0 spiro atoms. The molecular weight excluding hydrogens is 232 g/mol. The smallest absolute Gasteiger partial charge is 0.315 e. The third kappa shape index (κ3) is 2.51. The highest BCUT2D eigenvalue weighted by Crippen LogP contribution is 2.18. The van der Waals surface area contributed by atoms with Crippen LogP contribution in [0.4, 0.5) is 6.01 Å². The monoisotopic (exact) mass is 250 g/mol. The summed E-state index contributed by atoms with van der Waals surface area (Å²) in [5.74, 6) is 0.408. The number of hydrogen-bond donors (Lipinski definition) is 3. The molecule has 0 aliphatic heterocycles. The van der Waals surface area contributed by atoms with Crippen LogP contribution in [0.15, 0.2) is 4.42 Å². The van der Waals surface area contributed by atoms with Crippen molar-refractivity contribution in [3.63, 3.8) is 0 Å².